The predicted molar refractivity (Wildman–Crippen MR) is 89.0 cm³/mol. The quantitative estimate of drug-likeness (QED) is 0.747. The monoisotopic (exact) mass is 319 g/mol. The lowest BCUT2D eigenvalue weighted by Gasteiger charge is -2.21. The predicted octanol–water partition coefficient (Wildman–Crippen LogP) is 3.43. The highest BCUT2D eigenvalue weighted by Gasteiger charge is 2.17. The highest BCUT2D eigenvalue weighted by molar-refractivity contribution is 7.97. The van der Waals surface area contributed by atoms with Crippen LogP contribution in [0.5, 0.6) is 0 Å². The summed E-state index contributed by atoms with van der Waals surface area (Å²) in [6.07, 6.45) is 3.68. The summed E-state index contributed by atoms with van der Waals surface area (Å²) < 4.78 is 10.4. The second kappa shape index (κ2) is 8.66. The van der Waals surface area contributed by atoms with Gasteiger partial charge in [0.05, 0.1) is 19.4 Å². The van der Waals surface area contributed by atoms with Gasteiger partial charge in [-0.2, -0.15) is 11.8 Å². The molecule has 0 fully saturated rings. The number of amides is 1. The average molecular weight is 319 g/mol. The molecule has 1 amide bonds. The van der Waals surface area contributed by atoms with E-state index in [-0.39, 0.29) is 5.91 Å². The van der Waals surface area contributed by atoms with Crippen molar-refractivity contribution in [1.82, 2.24) is 4.90 Å². The molecular formula is C17H21NO3S. The molecule has 0 atom stereocenters. The highest BCUT2D eigenvalue weighted by atomic mass is 32.2. The topological polar surface area (TPSA) is 42.7 Å². The third kappa shape index (κ3) is 4.64. The second-order valence-electron chi connectivity index (χ2n) is 4.93. The Morgan fingerprint density at radius 1 is 1.27 bits per heavy atom. The standard InChI is InChI=1S/C17H21NO3S/c1-20-11-9-18(12-16-4-3-10-21-16)17(19)15-7-5-14(6-8-15)13-22-2/h3-8,10H,9,11-13H2,1-2H3. The van der Waals surface area contributed by atoms with Gasteiger partial charge in [-0.3, -0.25) is 4.79 Å². The van der Waals surface area contributed by atoms with E-state index >= 15 is 0 Å². The molecule has 1 aromatic carbocycles. The molecule has 0 saturated carbocycles. The van der Waals surface area contributed by atoms with Gasteiger partial charge in [-0.1, -0.05) is 12.1 Å². The van der Waals surface area contributed by atoms with Crippen LogP contribution in [0.2, 0.25) is 0 Å². The van der Waals surface area contributed by atoms with Gasteiger partial charge in [0.2, 0.25) is 0 Å². The normalized spacial score (nSPS) is 10.6. The molecule has 22 heavy (non-hydrogen) atoms. The van der Waals surface area contributed by atoms with Crippen molar-refractivity contribution in [2.24, 2.45) is 0 Å². The van der Waals surface area contributed by atoms with Gasteiger partial charge in [-0.15, -0.1) is 0 Å². The Morgan fingerprint density at radius 3 is 2.64 bits per heavy atom. The molecule has 1 heterocycles. The van der Waals surface area contributed by atoms with E-state index in [1.54, 1.807) is 30.0 Å². The van der Waals surface area contributed by atoms with Crippen molar-refractivity contribution in [3.05, 3.63) is 59.5 Å². The van der Waals surface area contributed by atoms with Crippen LogP contribution in [0.1, 0.15) is 21.7 Å². The molecule has 2 rings (SSSR count). The Balaban J connectivity index is 2.09. The van der Waals surface area contributed by atoms with Gasteiger partial charge in [-0.25, -0.2) is 0 Å². The number of carbonyl (C=O) groups excluding carboxylic acids is 1. The summed E-state index contributed by atoms with van der Waals surface area (Å²) in [5.74, 6) is 1.71. The lowest BCUT2D eigenvalue weighted by Crippen LogP contribution is -2.33. The van der Waals surface area contributed by atoms with Crippen LogP contribution in [0.4, 0.5) is 0 Å². The van der Waals surface area contributed by atoms with Crippen molar-refractivity contribution in [2.45, 2.75) is 12.3 Å². The molecule has 1 aromatic heterocycles. The zero-order valence-electron chi connectivity index (χ0n) is 13.0. The van der Waals surface area contributed by atoms with Gasteiger partial charge >= 0.3 is 0 Å². The summed E-state index contributed by atoms with van der Waals surface area (Å²) >= 11 is 1.76. The summed E-state index contributed by atoms with van der Waals surface area (Å²) in [6, 6.07) is 11.5. The molecule has 4 nitrogen and oxygen atoms in total. The number of hydrogen-bond donors (Lipinski definition) is 0. The Morgan fingerprint density at radius 2 is 2.05 bits per heavy atom. The van der Waals surface area contributed by atoms with Crippen molar-refractivity contribution >= 4 is 17.7 Å². The maximum Gasteiger partial charge on any atom is 0.254 e. The Kier molecular flexibility index (Phi) is 6.55. The van der Waals surface area contributed by atoms with Crippen LogP contribution in [0.3, 0.4) is 0 Å². The van der Waals surface area contributed by atoms with Gasteiger partial charge in [0.1, 0.15) is 5.76 Å². The smallest absolute Gasteiger partial charge is 0.254 e. The molecule has 0 aliphatic carbocycles. The number of benzene rings is 1. The Hall–Kier alpha value is -1.72. The van der Waals surface area contributed by atoms with Gasteiger partial charge in [0, 0.05) is 25.0 Å². The molecule has 118 valence electrons. The molecule has 5 heteroatoms. The second-order valence-corrected chi connectivity index (χ2v) is 5.79. The Bertz CT molecular complexity index is 566. The van der Waals surface area contributed by atoms with Gasteiger partial charge < -0.3 is 14.1 Å². The van der Waals surface area contributed by atoms with E-state index in [9.17, 15) is 4.79 Å². The number of ether oxygens (including phenoxy) is 1. The fraction of sp³-hybridized carbons (Fsp3) is 0.353. The van der Waals surface area contributed by atoms with Gasteiger partial charge in [0.15, 0.2) is 0 Å². The first kappa shape index (κ1) is 16.6. The minimum absolute atomic E-state index is 0.0100. The highest BCUT2D eigenvalue weighted by Crippen LogP contribution is 2.14. The fourth-order valence-corrected chi connectivity index (χ4v) is 2.66. The van der Waals surface area contributed by atoms with E-state index < -0.39 is 0 Å². The first-order valence-corrected chi connectivity index (χ1v) is 8.52. The SMILES string of the molecule is COCCN(Cc1ccco1)C(=O)c1ccc(CSC)cc1. The van der Waals surface area contributed by atoms with Crippen LogP contribution in [0.15, 0.2) is 47.1 Å². The van der Waals surface area contributed by atoms with Crippen molar-refractivity contribution in [1.29, 1.82) is 0 Å². The molecule has 0 unspecified atom stereocenters. The molecular weight excluding hydrogens is 298 g/mol. The molecule has 0 spiro atoms. The molecule has 0 aliphatic rings. The van der Waals surface area contributed by atoms with E-state index in [0.717, 1.165) is 11.5 Å². The van der Waals surface area contributed by atoms with E-state index in [4.69, 9.17) is 9.15 Å². The van der Waals surface area contributed by atoms with Crippen molar-refractivity contribution < 1.29 is 13.9 Å². The summed E-state index contributed by atoms with van der Waals surface area (Å²) in [5, 5.41) is 0. The first-order valence-electron chi connectivity index (χ1n) is 7.13. The van der Waals surface area contributed by atoms with Gasteiger partial charge in [0.25, 0.3) is 5.91 Å². The Labute approximate surface area is 135 Å². The van der Waals surface area contributed by atoms with E-state index in [1.165, 1.54) is 5.56 Å². The lowest BCUT2D eigenvalue weighted by atomic mass is 10.1. The summed E-state index contributed by atoms with van der Waals surface area (Å²) in [4.78, 5) is 14.4. The number of methoxy groups -OCH3 is 1. The van der Waals surface area contributed by atoms with Crippen molar-refractivity contribution in [3.63, 3.8) is 0 Å². The molecule has 0 saturated heterocycles. The number of rotatable bonds is 8. The molecule has 0 N–H and O–H groups in total. The zero-order chi connectivity index (χ0) is 15.8. The van der Waals surface area contributed by atoms with Crippen molar-refractivity contribution in [3.8, 4) is 0 Å². The van der Waals surface area contributed by atoms with Crippen LogP contribution in [-0.2, 0) is 17.0 Å². The summed E-state index contributed by atoms with van der Waals surface area (Å²) in [6.45, 7) is 1.47. The van der Waals surface area contributed by atoms with Crippen LogP contribution in [0.25, 0.3) is 0 Å². The number of carbonyl (C=O) groups is 1. The number of thioether (sulfide) groups is 1. The average Bonchev–Trinajstić information content (AvgIpc) is 3.05. The zero-order valence-corrected chi connectivity index (χ0v) is 13.8. The van der Waals surface area contributed by atoms with Crippen LogP contribution >= 0.6 is 11.8 Å². The minimum atomic E-state index is -0.0100. The van der Waals surface area contributed by atoms with Crippen molar-refractivity contribution in [2.75, 3.05) is 26.5 Å². The van der Waals surface area contributed by atoms with Crippen LogP contribution in [0, 0.1) is 0 Å². The maximum absolute atomic E-state index is 12.7. The molecule has 0 aliphatic heterocycles. The van der Waals surface area contributed by atoms with Gasteiger partial charge in [-0.05, 0) is 36.1 Å². The van der Waals surface area contributed by atoms with E-state index in [1.807, 2.05) is 36.4 Å². The van der Waals surface area contributed by atoms with E-state index in [2.05, 4.69) is 6.26 Å². The maximum atomic E-state index is 12.7. The molecule has 0 radical (unpaired) electrons. The van der Waals surface area contributed by atoms with Crippen LogP contribution in [-0.4, -0.2) is 37.3 Å². The van der Waals surface area contributed by atoms with Crippen LogP contribution < -0.4 is 0 Å². The number of furan rings is 1. The summed E-state index contributed by atoms with van der Waals surface area (Å²) in [7, 11) is 1.63. The van der Waals surface area contributed by atoms with E-state index in [0.29, 0.717) is 25.3 Å². The summed E-state index contributed by atoms with van der Waals surface area (Å²) in [5.41, 5.74) is 1.91. The largest absolute Gasteiger partial charge is 0.467 e. The number of nitrogens with zero attached hydrogens (tertiary/aromatic N) is 1. The lowest BCUT2D eigenvalue weighted by molar-refractivity contribution is 0.0666. The minimum Gasteiger partial charge on any atom is -0.467 e. The third-order valence-corrected chi connectivity index (χ3v) is 3.91. The molecule has 2 aromatic rings. The molecule has 0 bridgehead atoms. The number of hydrogen-bond acceptors (Lipinski definition) is 4. The third-order valence-electron chi connectivity index (χ3n) is 3.29. The fourth-order valence-electron chi connectivity index (χ4n) is 2.14. The first-order chi connectivity index (χ1) is 10.7.